The van der Waals surface area contributed by atoms with Crippen molar-refractivity contribution in [1.82, 2.24) is 15.0 Å². The van der Waals surface area contributed by atoms with Gasteiger partial charge >= 0.3 is 0 Å². The van der Waals surface area contributed by atoms with E-state index in [-0.39, 0.29) is 17.4 Å². The topological polar surface area (TPSA) is 68.0 Å². The van der Waals surface area contributed by atoms with Gasteiger partial charge < -0.3 is 5.11 Å². The molecule has 3 saturated carbocycles. The van der Waals surface area contributed by atoms with Crippen molar-refractivity contribution in [3.63, 3.8) is 0 Å². The smallest absolute Gasteiger partial charge is 0.162 e. The second-order valence-corrected chi connectivity index (χ2v) is 12.6. The van der Waals surface area contributed by atoms with E-state index >= 15 is 0 Å². The van der Waals surface area contributed by atoms with Crippen LogP contribution in [-0.2, 0) is 4.79 Å². The maximum Gasteiger partial charge on any atom is 0.162 e. The lowest BCUT2D eigenvalue weighted by Gasteiger charge is -2.49. The third kappa shape index (κ3) is 4.45. The molecule has 186 valence electrons. The van der Waals surface area contributed by atoms with E-state index < -0.39 is 5.60 Å². The van der Waals surface area contributed by atoms with Gasteiger partial charge in [0.05, 0.1) is 5.60 Å². The van der Waals surface area contributed by atoms with Crippen LogP contribution in [0, 0.1) is 35.0 Å². The monoisotopic (exact) mass is 465 g/mol. The van der Waals surface area contributed by atoms with Gasteiger partial charge in [-0.1, -0.05) is 38.8 Å². The fraction of sp³-hybridized carbons (Fsp3) is 0.759. The number of fused-ring (bicyclic) bond motifs is 2. The summed E-state index contributed by atoms with van der Waals surface area (Å²) in [6, 6.07) is 7.52. The highest BCUT2D eigenvalue weighted by Crippen LogP contribution is 2.54. The first-order valence-electron chi connectivity index (χ1n) is 13.7. The largest absolute Gasteiger partial charge is 0.390 e. The molecule has 8 atom stereocenters. The number of hydrogen-bond donors (Lipinski definition) is 1. The molecule has 34 heavy (non-hydrogen) atoms. The van der Waals surface area contributed by atoms with Crippen LogP contribution in [0.25, 0.3) is 11.0 Å². The predicted molar refractivity (Wildman–Crippen MR) is 135 cm³/mol. The molecular weight excluding hydrogens is 422 g/mol. The van der Waals surface area contributed by atoms with Crippen LogP contribution in [-0.4, -0.2) is 31.5 Å². The summed E-state index contributed by atoms with van der Waals surface area (Å²) in [7, 11) is 0. The standard InChI is InChI=1S/C29H43N3O2/c1-19-11-12-21-18-29(4,34)17-14-23(21)22(19)13-16-28(3)15-7-8-24(28)27(33)20(2)32-30-25-9-5-6-10-26(25)31-32/h5-6,9-10,19-24,34H,7-8,11-18H2,1-4H3/t19-,20-,21+,22+,23+,24-,28-,29-/m1/s1. The molecule has 1 N–H and O–H groups in total. The maximum absolute atomic E-state index is 13.7. The minimum Gasteiger partial charge on any atom is -0.390 e. The van der Waals surface area contributed by atoms with E-state index in [9.17, 15) is 9.90 Å². The fourth-order valence-electron chi connectivity index (χ4n) is 7.99. The Hall–Kier alpha value is -1.75. The summed E-state index contributed by atoms with van der Waals surface area (Å²) in [4.78, 5) is 15.4. The number of carbonyl (C=O) groups excluding carboxylic acids is 1. The van der Waals surface area contributed by atoms with Crippen molar-refractivity contribution < 1.29 is 9.90 Å². The Labute approximate surface area is 204 Å². The van der Waals surface area contributed by atoms with E-state index in [0.717, 1.165) is 67.3 Å². The zero-order valence-electron chi connectivity index (χ0n) is 21.5. The zero-order chi connectivity index (χ0) is 24.1. The van der Waals surface area contributed by atoms with Crippen molar-refractivity contribution in [3.8, 4) is 0 Å². The summed E-state index contributed by atoms with van der Waals surface area (Å²) >= 11 is 0. The Kier molecular flexibility index (Phi) is 6.37. The highest BCUT2D eigenvalue weighted by molar-refractivity contribution is 5.85. The SMILES string of the molecule is C[C@@H]1CC[C@H]2C[C@](C)(O)CC[C@@H]2[C@H]1CC[C@@]1(C)CCC[C@@H]1C(=O)[C@@H](C)n1nc2ccccc2n1. The molecular formula is C29H43N3O2. The van der Waals surface area contributed by atoms with Crippen molar-refractivity contribution in [3.05, 3.63) is 24.3 Å². The average molecular weight is 466 g/mol. The van der Waals surface area contributed by atoms with E-state index in [1.54, 1.807) is 4.80 Å². The molecule has 0 spiro atoms. The molecule has 3 aliphatic carbocycles. The molecule has 5 nitrogen and oxygen atoms in total. The van der Waals surface area contributed by atoms with Gasteiger partial charge in [-0.3, -0.25) is 4.79 Å². The number of aromatic nitrogens is 3. The summed E-state index contributed by atoms with van der Waals surface area (Å²) < 4.78 is 0. The lowest BCUT2D eigenvalue weighted by Crippen LogP contribution is -2.44. The number of rotatable bonds is 6. The van der Waals surface area contributed by atoms with E-state index in [4.69, 9.17) is 0 Å². The van der Waals surface area contributed by atoms with Gasteiger partial charge in [0.25, 0.3) is 0 Å². The first-order valence-corrected chi connectivity index (χ1v) is 13.7. The van der Waals surface area contributed by atoms with Crippen LogP contribution >= 0.6 is 0 Å². The zero-order valence-corrected chi connectivity index (χ0v) is 21.5. The van der Waals surface area contributed by atoms with E-state index in [2.05, 4.69) is 24.0 Å². The van der Waals surface area contributed by atoms with Gasteiger partial charge in [0.15, 0.2) is 5.78 Å². The van der Waals surface area contributed by atoms with Crippen molar-refractivity contribution in [2.24, 2.45) is 35.0 Å². The highest BCUT2D eigenvalue weighted by Gasteiger charge is 2.47. The Morgan fingerprint density at radius 2 is 1.82 bits per heavy atom. The van der Waals surface area contributed by atoms with Gasteiger partial charge in [-0.25, -0.2) is 0 Å². The van der Waals surface area contributed by atoms with Crippen LogP contribution in [0.4, 0.5) is 0 Å². The first kappa shape index (κ1) is 24.0. The second kappa shape index (κ2) is 9.04. The molecule has 0 saturated heterocycles. The number of ketones is 1. The molecule has 0 aliphatic heterocycles. The Morgan fingerprint density at radius 3 is 2.53 bits per heavy atom. The van der Waals surface area contributed by atoms with Crippen molar-refractivity contribution >= 4 is 16.8 Å². The fourth-order valence-corrected chi connectivity index (χ4v) is 7.99. The number of carbonyl (C=O) groups is 1. The lowest BCUT2D eigenvalue weighted by atomic mass is 9.57. The molecule has 1 aromatic carbocycles. The van der Waals surface area contributed by atoms with E-state index in [0.29, 0.717) is 11.7 Å². The molecule has 1 aromatic heterocycles. The minimum atomic E-state index is -0.470. The summed E-state index contributed by atoms with van der Waals surface area (Å²) in [5, 5.41) is 19.9. The Morgan fingerprint density at radius 1 is 1.12 bits per heavy atom. The minimum absolute atomic E-state index is 0.0741. The second-order valence-electron chi connectivity index (χ2n) is 12.6. The van der Waals surface area contributed by atoms with Crippen LogP contribution < -0.4 is 0 Å². The van der Waals surface area contributed by atoms with Gasteiger partial charge in [0, 0.05) is 5.92 Å². The predicted octanol–water partition coefficient (Wildman–Crippen LogP) is 6.36. The highest BCUT2D eigenvalue weighted by atomic mass is 16.3. The maximum atomic E-state index is 13.7. The molecule has 0 amide bonds. The van der Waals surface area contributed by atoms with Gasteiger partial charge in [-0.2, -0.15) is 15.0 Å². The van der Waals surface area contributed by atoms with Gasteiger partial charge in [0.2, 0.25) is 0 Å². The third-order valence-corrected chi connectivity index (χ3v) is 10.1. The van der Waals surface area contributed by atoms with Crippen LogP contribution in [0.2, 0.25) is 0 Å². The van der Waals surface area contributed by atoms with Crippen molar-refractivity contribution in [2.45, 2.75) is 104 Å². The van der Waals surface area contributed by atoms with Crippen molar-refractivity contribution in [1.29, 1.82) is 0 Å². The molecule has 1 heterocycles. The molecule has 5 rings (SSSR count). The van der Waals surface area contributed by atoms with Gasteiger partial charge in [0.1, 0.15) is 17.1 Å². The molecule has 0 bridgehead atoms. The van der Waals surface area contributed by atoms with E-state index in [1.807, 2.05) is 38.1 Å². The summed E-state index contributed by atoms with van der Waals surface area (Å²) in [5.41, 5.74) is 1.31. The average Bonchev–Trinajstić information content (AvgIpc) is 3.41. The summed E-state index contributed by atoms with van der Waals surface area (Å²) in [6.07, 6.45) is 11.3. The molecule has 0 unspecified atom stereocenters. The molecule has 0 radical (unpaired) electrons. The Bertz CT molecular complexity index is 996. The molecule has 2 aromatic rings. The van der Waals surface area contributed by atoms with Crippen LogP contribution in [0.3, 0.4) is 0 Å². The molecule has 5 heteroatoms. The number of aliphatic hydroxyl groups is 1. The quantitative estimate of drug-likeness (QED) is 0.539. The normalized spacial score (nSPS) is 39.1. The van der Waals surface area contributed by atoms with Crippen LogP contribution in [0.15, 0.2) is 24.3 Å². The first-order chi connectivity index (χ1) is 16.2. The van der Waals surface area contributed by atoms with E-state index in [1.165, 1.54) is 25.7 Å². The molecule has 3 aliphatic rings. The molecule has 3 fully saturated rings. The van der Waals surface area contributed by atoms with Gasteiger partial charge in [-0.05, 0) is 106 Å². The van der Waals surface area contributed by atoms with Crippen LogP contribution in [0.5, 0.6) is 0 Å². The Balaban J connectivity index is 1.28. The number of nitrogens with zero attached hydrogens (tertiary/aromatic N) is 3. The summed E-state index contributed by atoms with van der Waals surface area (Å²) in [5.74, 6) is 3.32. The van der Waals surface area contributed by atoms with Gasteiger partial charge in [-0.15, -0.1) is 0 Å². The number of hydrogen-bond acceptors (Lipinski definition) is 4. The van der Waals surface area contributed by atoms with Crippen molar-refractivity contribution in [2.75, 3.05) is 0 Å². The number of Topliss-reactive ketones (excluding diaryl/α,β-unsaturated/α-hetero) is 1. The van der Waals surface area contributed by atoms with Crippen LogP contribution in [0.1, 0.15) is 97.9 Å². The lowest BCUT2D eigenvalue weighted by molar-refractivity contribution is -0.129. The summed E-state index contributed by atoms with van der Waals surface area (Å²) in [6.45, 7) is 8.83. The number of benzene rings is 1. The third-order valence-electron chi connectivity index (χ3n) is 10.1.